The molecule has 1 atom stereocenters. The normalized spacial score (nSPS) is 29.3. The Kier molecular flexibility index (Phi) is 4.81. The third-order valence-electron chi connectivity index (χ3n) is 3.25. The molecule has 1 aliphatic carbocycles. The van der Waals surface area contributed by atoms with Gasteiger partial charge in [-0.3, -0.25) is 0 Å². The van der Waals surface area contributed by atoms with Crippen LogP contribution < -0.4 is 0 Å². The van der Waals surface area contributed by atoms with E-state index in [0.717, 1.165) is 32.1 Å². The SMILES string of the molecule is CC(F)C1CCC(CCN=C=O)CC1. The van der Waals surface area contributed by atoms with Crippen LogP contribution in [0.5, 0.6) is 0 Å². The molecule has 0 spiro atoms. The zero-order valence-electron chi connectivity index (χ0n) is 8.71. The predicted octanol–water partition coefficient (Wildman–Crippen LogP) is 2.88. The van der Waals surface area contributed by atoms with Crippen LogP contribution in [0.15, 0.2) is 4.99 Å². The molecule has 0 aromatic rings. The second kappa shape index (κ2) is 5.92. The van der Waals surface area contributed by atoms with Crippen LogP contribution in [0, 0.1) is 11.8 Å². The quantitative estimate of drug-likeness (QED) is 0.505. The molecule has 1 rings (SSSR count). The predicted molar refractivity (Wildman–Crippen MR) is 53.6 cm³/mol. The fraction of sp³-hybridized carbons (Fsp3) is 0.909. The molecule has 0 radical (unpaired) electrons. The Morgan fingerprint density at radius 1 is 1.43 bits per heavy atom. The summed E-state index contributed by atoms with van der Waals surface area (Å²) in [5.41, 5.74) is 0. The topological polar surface area (TPSA) is 29.4 Å². The van der Waals surface area contributed by atoms with E-state index >= 15 is 0 Å². The van der Waals surface area contributed by atoms with Crippen LogP contribution in [0.1, 0.15) is 39.0 Å². The highest BCUT2D eigenvalue weighted by Crippen LogP contribution is 2.33. The molecular formula is C11H18FNO. The van der Waals surface area contributed by atoms with Crippen molar-refractivity contribution in [2.24, 2.45) is 16.8 Å². The minimum atomic E-state index is -0.663. The molecule has 1 saturated carbocycles. The second-order valence-electron chi connectivity index (χ2n) is 4.22. The lowest BCUT2D eigenvalue weighted by atomic mass is 9.79. The monoisotopic (exact) mass is 199 g/mol. The fourth-order valence-corrected chi connectivity index (χ4v) is 2.23. The van der Waals surface area contributed by atoms with Crippen molar-refractivity contribution in [3.8, 4) is 0 Å². The fourth-order valence-electron chi connectivity index (χ4n) is 2.23. The van der Waals surface area contributed by atoms with Crippen molar-refractivity contribution in [2.75, 3.05) is 6.54 Å². The van der Waals surface area contributed by atoms with Gasteiger partial charge in [0.05, 0.1) is 6.54 Å². The van der Waals surface area contributed by atoms with E-state index in [1.165, 1.54) is 0 Å². The van der Waals surface area contributed by atoms with Gasteiger partial charge in [0.1, 0.15) is 6.17 Å². The van der Waals surface area contributed by atoms with Gasteiger partial charge in [0.25, 0.3) is 0 Å². The highest BCUT2D eigenvalue weighted by atomic mass is 19.1. The molecule has 3 heteroatoms. The summed E-state index contributed by atoms with van der Waals surface area (Å²) in [5, 5.41) is 0. The van der Waals surface area contributed by atoms with Crippen LogP contribution in [0.2, 0.25) is 0 Å². The molecule has 0 aromatic heterocycles. The molecule has 0 N–H and O–H groups in total. The largest absolute Gasteiger partial charge is 0.247 e. The number of rotatable bonds is 4. The van der Waals surface area contributed by atoms with Gasteiger partial charge < -0.3 is 0 Å². The van der Waals surface area contributed by atoms with Crippen molar-refractivity contribution < 1.29 is 9.18 Å². The Morgan fingerprint density at radius 2 is 2.07 bits per heavy atom. The third-order valence-corrected chi connectivity index (χ3v) is 3.25. The second-order valence-corrected chi connectivity index (χ2v) is 4.22. The number of halogens is 1. The van der Waals surface area contributed by atoms with E-state index in [4.69, 9.17) is 0 Å². The summed E-state index contributed by atoms with van der Waals surface area (Å²) in [4.78, 5) is 13.4. The standard InChI is InChI=1S/C11H18FNO/c1-9(12)11-4-2-10(3-5-11)6-7-13-8-14/h9-11H,2-7H2,1H3. The van der Waals surface area contributed by atoms with Crippen LogP contribution in [0.3, 0.4) is 0 Å². The molecule has 0 saturated heterocycles. The van der Waals surface area contributed by atoms with Gasteiger partial charge in [0, 0.05) is 0 Å². The van der Waals surface area contributed by atoms with Gasteiger partial charge >= 0.3 is 0 Å². The summed E-state index contributed by atoms with van der Waals surface area (Å²) in [5.74, 6) is 0.905. The van der Waals surface area contributed by atoms with E-state index in [1.807, 2.05) is 0 Å². The Morgan fingerprint density at radius 3 is 2.57 bits per heavy atom. The van der Waals surface area contributed by atoms with Crippen LogP contribution in [-0.2, 0) is 4.79 Å². The zero-order chi connectivity index (χ0) is 10.4. The number of nitrogens with zero attached hydrogens (tertiary/aromatic N) is 1. The number of hydrogen-bond acceptors (Lipinski definition) is 2. The van der Waals surface area contributed by atoms with Gasteiger partial charge in [-0.25, -0.2) is 14.2 Å². The van der Waals surface area contributed by atoms with Crippen LogP contribution >= 0.6 is 0 Å². The van der Waals surface area contributed by atoms with Crippen molar-refractivity contribution in [2.45, 2.75) is 45.2 Å². The lowest BCUT2D eigenvalue weighted by Gasteiger charge is -2.28. The van der Waals surface area contributed by atoms with Gasteiger partial charge in [-0.05, 0) is 38.0 Å². The average Bonchev–Trinajstić information content (AvgIpc) is 2.19. The van der Waals surface area contributed by atoms with Gasteiger partial charge in [0.2, 0.25) is 6.08 Å². The van der Waals surface area contributed by atoms with Crippen molar-refractivity contribution >= 4 is 6.08 Å². The molecular weight excluding hydrogens is 181 g/mol. The minimum absolute atomic E-state index is 0.265. The van der Waals surface area contributed by atoms with E-state index in [1.54, 1.807) is 13.0 Å². The maximum Gasteiger partial charge on any atom is 0.234 e. The Labute approximate surface area is 84.6 Å². The highest BCUT2D eigenvalue weighted by molar-refractivity contribution is 5.32. The molecule has 14 heavy (non-hydrogen) atoms. The third kappa shape index (κ3) is 3.59. The first-order valence-electron chi connectivity index (χ1n) is 5.41. The first kappa shape index (κ1) is 11.4. The smallest absolute Gasteiger partial charge is 0.234 e. The molecule has 0 aliphatic heterocycles. The summed E-state index contributed by atoms with van der Waals surface area (Å²) in [6.45, 7) is 2.24. The Hall–Kier alpha value is -0.690. The molecule has 0 heterocycles. The van der Waals surface area contributed by atoms with E-state index in [0.29, 0.717) is 12.5 Å². The minimum Gasteiger partial charge on any atom is -0.247 e. The molecule has 2 nitrogen and oxygen atoms in total. The maximum absolute atomic E-state index is 13.0. The molecule has 80 valence electrons. The van der Waals surface area contributed by atoms with Crippen LogP contribution in [0.25, 0.3) is 0 Å². The summed E-state index contributed by atoms with van der Waals surface area (Å²) in [7, 11) is 0. The molecule has 1 fully saturated rings. The number of hydrogen-bond donors (Lipinski definition) is 0. The number of isocyanates is 1. The summed E-state index contributed by atoms with van der Waals surface area (Å²) in [6.07, 6.45) is 6.01. The van der Waals surface area contributed by atoms with Crippen molar-refractivity contribution in [3.63, 3.8) is 0 Å². The van der Waals surface area contributed by atoms with E-state index in [9.17, 15) is 9.18 Å². The lowest BCUT2D eigenvalue weighted by Crippen LogP contribution is -2.21. The lowest BCUT2D eigenvalue weighted by molar-refractivity contribution is 0.166. The van der Waals surface area contributed by atoms with Crippen molar-refractivity contribution in [3.05, 3.63) is 0 Å². The Bertz CT molecular complexity index is 203. The molecule has 0 aromatic carbocycles. The van der Waals surface area contributed by atoms with Gasteiger partial charge in [-0.2, -0.15) is 0 Å². The van der Waals surface area contributed by atoms with E-state index < -0.39 is 6.17 Å². The van der Waals surface area contributed by atoms with Crippen LogP contribution in [-0.4, -0.2) is 18.8 Å². The van der Waals surface area contributed by atoms with Gasteiger partial charge in [0.15, 0.2) is 0 Å². The van der Waals surface area contributed by atoms with Gasteiger partial charge in [-0.1, -0.05) is 12.8 Å². The zero-order valence-corrected chi connectivity index (χ0v) is 8.71. The number of aliphatic imine (C=N–C) groups is 1. The van der Waals surface area contributed by atoms with E-state index in [-0.39, 0.29) is 5.92 Å². The first-order chi connectivity index (χ1) is 6.74. The number of carbonyl (C=O) groups excluding carboxylic acids is 1. The molecule has 0 amide bonds. The van der Waals surface area contributed by atoms with Crippen molar-refractivity contribution in [1.29, 1.82) is 0 Å². The van der Waals surface area contributed by atoms with Crippen LogP contribution in [0.4, 0.5) is 4.39 Å². The maximum atomic E-state index is 13.0. The van der Waals surface area contributed by atoms with Gasteiger partial charge in [-0.15, -0.1) is 0 Å². The summed E-state index contributed by atoms with van der Waals surface area (Å²) < 4.78 is 13.0. The summed E-state index contributed by atoms with van der Waals surface area (Å²) >= 11 is 0. The average molecular weight is 199 g/mol. The molecule has 1 aliphatic rings. The number of alkyl halides is 1. The first-order valence-corrected chi connectivity index (χ1v) is 5.41. The van der Waals surface area contributed by atoms with Crippen molar-refractivity contribution in [1.82, 2.24) is 0 Å². The molecule has 0 bridgehead atoms. The van der Waals surface area contributed by atoms with E-state index in [2.05, 4.69) is 4.99 Å². The summed E-state index contributed by atoms with van der Waals surface area (Å²) in [6, 6.07) is 0. The highest BCUT2D eigenvalue weighted by Gasteiger charge is 2.24. The molecule has 1 unspecified atom stereocenters. The Balaban J connectivity index is 2.18.